The number of benzene rings is 1. The molecule has 0 heterocycles. The van der Waals surface area contributed by atoms with Crippen molar-refractivity contribution in [3.05, 3.63) is 35.9 Å². The van der Waals surface area contributed by atoms with E-state index in [1.54, 1.807) is 44.2 Å². The van der Waals surface area contributed by atoms with Gasteiger partial charge < -0.3 is 26.8 Å². The summed E-state index contributed by atoms with van der Waals surface area (Å²) in [5, 5.41) is 16.7. The summed E-state index contributed by atoms with van der Waals surface area (Å²) in [5.74, 6) is -3.04. The Labute approximate surface area is 175 Å². The fourth-order valence-corrected chi connectivity index (χ4v) is 2.62. The van der Waals surface area contributed by atoms with Crippen molar-refractivity contribution in [3.8, 4) is 0 Å². The molecule has 0 saturated heterocycles. The van der Waals surface area contributed by atoms with E-state index in [1.807, 2.05) is 0 Å². The lowest BCUT2D eigenvalue weighted by Gasteiger charge is -2.23. The molecule has 0 radical (unpaired) electrons. The van der Waals surface area contributed by atoms with E-state index in [9.17, 15) is 24.3 Å². The molecule has 0 saturated carbocycles. The number of carbonyl (C=O) groups is 4. The predicted molar refractivity (Wildman–Crippen MR) is 111 cm³/mol. The highest BCUT2D eigenvalue weighted by molar-refractivity contribution is 7.80. The lowest BCUT2D eigenvalue weighted by Crippen LogP contribution is -2.55. The van der Waals surface area contributed by atoms with Crippen LogP contribution in [0.15, 0.2) is 30.3 Å². The van der Waals surface area contributed by atoms with Crippen LogP contribution in [0.2, 0.25) is 0 Å². The molecule has 0 bridgehead atoms. The second-order valence-electron chi connectivity index (χ2n) is 6.89. The van der Waals surface area contributed by atoms with Gasteiger partial charge in [0.05, 0.1) is 12.6 Å². The number of nitrogens with two attached hydrogens (primary N) is 1. The van der Waals surface area contributed by atoms with Crippen molar-refractivity contribution in [1.82, 2.24) is 16.0 Å². The number of carboxylic acids is 1. The van der Waals surface area contributed by atoms with Crippen LogP contribution in [0.5, 0.6) is 0 Å². The minimum absolute atomic E-state index is 0.113. The van der Waals surface area contributed by atoms with Crippen molar-refractivity contribution in [2.24, 2.45) is 11.7 Å². The average molecular weight is 425 g/mol. The summed E-state index contributed by atoms with van der Waals surface area (Å²) in [6, 6.07) is 6.00. The molecule has 0 aliphatic heterocycles. The quantitative estimate of drug-likeness (QED) is 0.259. The van der Waals surface area contributed by atoms with Crippen molar-refractivity contribution in [2.45, 2.75) is 38.4 Å². The fourth-order valence-electron chi connectivity index (χ4n) is 2.45. The second-order valence-corrected chi connectivity index (χ2v) is 7.25. The van der Waals surface area contributed by atoms with Crippen molar-refractivity contribution in [3.63, 3.8) is 0 Å². The summed E-state index contributed by atoms with van der Waals surface area (Å²) in [5.41, 5.74) is 6.35. The normalized spacial score (nSPS) is 13.8. The van der Waals surface area contributed by atoms with Crippen molar-refractivity contribution in [2.75, 3.05) is 12.3 Å². The van der Waals surface area contributed by atoms with Crippen molar-refractivity contribution < 1.29 is 24.3 Å². The molecular weight excluding hydrogens is 396 g/mol. The molecule has 0 spiro atoms. The zero-order valence-corrected chi connectivity index (χ0v) is 17.3. The molecule has 0 fully saturated rings. The number of thiol groups is 1. The van der Waals surface area contributed by atoms with Gasteiger partial charge in [-0.3, -0.25) is 14.4 Å². The Hall–Kier alpha value is -2.59. The molecule has 10 heteroatoms. The first-order chi connectivity index (χ1) is 13.6. The number of carboxylic acid groups (broad SMARTS) is 1. The second kappa shape index (κ2) is 12.1. The third-order valence-corrected chi connectivity index (χ3v) is 4.51. The molecule has 29 heavy (non-hydrogen) atoms. The third-order valence-electron chi connectivity index (χ3n) is 4.12. The molecular formula is C19H28N4O5S. The molecule has 1 rings (SSSR count). The number of hydrogen-bond acceptors (Lipinski definition) is 6. The number of rotatable bonds is 11. The van der Waals surface area contributed by atoms with Crippen LogP contribution < -0.4 is 21.7 Å². The van der Waals surface area contributed by atoms with E-state index in [1.165, 1.54) is 0 Å². The number of carbonyl (C=O) groups excluding carboxylic acids is 3. The number of nitrogens with one attached hydrogen (secondary N) is 3. The standard InChI is InChI=1S/C19H28N4O5S/c1-11(2)16(23-17(25)13(20)10-29)18(26)21-9-15(24)22-14(19(27)28)8-12-6-4-3-5-7-12/h3-7,11,13-14,16,29H,8-10,20H2,1-2H3,(H,21,26)(H,22,24)(H,23,25)(H,27,28). The van der Waals surface area contributed by atoms with Crippen LogP contribution in [0.1, 0.15) is 19.4 Å². The summed E-state index contributed by atoms with van der Waals surface area (Å²) < 4.78 is 0. The Morgan fingerprint density at radius 3 is 2.21 bits per heavy atom. The topological polar surface area (TPSA) is 151 Å². The molecule has 1 aromatic carbocycles. The highest BCUT2D eigenvalue weighted by Crippen LogP contribution is 2.04. The Morgan fingerprint density at radius 1 is 1.07 bits per heavy atom. The van der Waals surface area contributed by atoms with Crippen molar-refractivity contribution in [1.29, 1.82) is 0 Å². The molecule has 6 N–H and O–H groups in total. The molecule has 3 unspecified atom stereocenters. The number of hydrogen-bond donors (Lipinski definition) is 6. The van der Waals surface area contributed by atoms with Gasteiger partial charge in [0.1, 0.15) is 12.1 Å². The SMILES string of the molecule is CC(C)C(NC(=O)C(N)CS)C(=O)NCC(=O)NC(Cc1ccccc1)C(=O)O. The summed E-state index contributed by atoms with van der Waals surface area (Å²) in [6.45, 7) is 3.05. The van der Waals surface area contributed by atoms with E-state index in [4.69, 9.17) is 5.73 Å². The molecule has 0 aliphatic rings. The Bertz CT molecular complexity index is 714. The van der Waals surface area contributed by atoms with E-state index in [-0.39, 0.29) is 18.1 Å². The maximum Gasteiger partial charge on any atom is 0.326 e. The van der Waals surface area contributed by atoms with Gasteiger partial charge in [0.2, 0.25) is 17.7 Å². The summed E-state index contributed by atoms with van der Waals surface area (Å²) in [7, 11) is 0. The van der Waals surface area contributed by atoms with Gasteiger partial charge in [0.25, 0.3) is 0 Å². The van der Waals surface area contributed by atoms with Crippen LogP contribution in [-0.2, 0) is 25.6 Å². The van der Waals surface area contributed by atoms with Crippen LogP contribution in [-0.4, -0.2) is 59.2 Å². The van der Waals surface area contributed by atoms with Crippen LogP contribution >= 0.6 is 12.6 Å². The molecule has 0 aromatic heterocycles. The first-order valence-corrected chi connectivity index (χ1v) is 9.79. The Balaban J connectivity index is 2.62. The van der Waals surface area contributed by atoms with Gasteiger partial charge in [-0.05, 0) is 11.5 Å². The van der Waals surface area contributed by atoms with Gasteiger partial charge in [-0.2, -0.15) is 12.6 Å². The highest BCUT2D eigenvalue weighted by Gasteiger charge is 2.27. The van der Waals surface area contributed by atoms with E-state index < -0.39 is 48.4 Å². The summed E-state index contributed by atoms with van der Waals surface area (Å²) >= 11 is 3.95. The van der Waals surface area contributed by atoms with Crippen molar-refractivity contribution >= 4 is 36.3 Å². The zero-order chi connectivity index (χ0) is 22.0. The summed E-state index contributed by atoms with van der Waals surface area (Å²) in [6.07, 6.45) is 0.113. The first kappa shape index (κ1) is 24.4. The van der Waals surface area contributed by atoms with Gasteiger partial charge in [0.15, 0.2) is 0 Å². The minimum Gasteiger partial charge on any atom is -0.480 e. The smallest absolute Gasteiger partial charge is 0.326 e. The monoisotopic (exact) mass is 424 g/mol. The van der Waals surface area contributed by atoms with Crippen LogP contribution in [0.4, 0.5) is 0 Å². The van der Waals surface area contributed by atoms with E-state index in [2.05, 4.69) is 28.6 Å². The van der Waals surface area contributed by atoms with E-state index in [0.29, 0.717) is 0 Å². The maximum atomic E-state index is 12.4. The van der Waals surface area contributed by atoms with E-state index in [0.717, 1.165) is 5.56 Å². The van der Waals surface area contributed by atoms with Gasteiger partial charge in [-0.1, -0.05) is 44.2 Å². The predicted octanol–water partition coefficient (Wildman–Crippen LogP) is -0.687. The highest BCUT2D eigenvalue weighted by atomic mass is 32.1. The molecule has 160 valence electrons. The van der Waals surface area contributed by atoms with Crippen LogP contribution in [0.3, 0.4) is 0 Å². The largest absolute Gasteiger partial charge is 0.480 e. The maximum absolute atomic E-state index is 12.4. The first-order valence-electron chi connectivity index (χ1n) is 9.16. The molecule has 0 aliphatic carbocycles. The summed E-state index contributed by atoms with van der Waals surface area (Å²) in [4.78, 5) is 47.8. The Kier molecular flexibility index (Phi) is 10.2. The molecule has 3 amide bonds. The molecule has 9 nitrogen and oxygen atoms in total. The third kappa shape index (κ3) is 8.53. The fraction of sp³-hybridized carbons (Fsp3) is 0.474. The van der Waals surface area contributed by atoms with Crippen LogP contribution in [0, 0.1) is 5.92 Å². The lowest BCUT2D eigenvalue weighted by molar-refractivity contribution is -0.141. The number of amides is 3. The number of aliphatic carboxylic acids is 1. The van der Waals surface area contributed by atoms with Gasteiger partial charge >= 0.3 is 5.97 Å². The van der Waals surface area contributed by atoms with Gasteiger partial charge in [-0.25, -0.2) is 4.79 Å². The van der Waals surface area contributed by atoms with Crippen LogP contribution in [0.25, 0.3) is 0 Å². The van der Waals surface area contributed by atoms with E-state index >= 15 is 0 Å². The Morgan fingerprint density at radius 2 is 1.69 bits per heavy atom. The molecule has 3 atom stereocenters. The minimum atomic E-state index is -1.18. The van der Waals surface area contributed by atoms with Gasteiger partial charge in [0, 0.05) is 12.2 Å². The average Bonchev–Trinajstić information content (AvgIpc) is 2.69. The molecule has 1 aromatic rings. The van der Waals surface area contributed by atoms with Gasteiger partial charge in [-0.15, -0.1) is 0 Å². The zero-order valence-electron chi connectivity index (χ0n) is 16.4. The lowest BCUT2D eigenvalue weighted by atomic mass is 10.0.